The third-order valence-corrected chi connectivity index (χ3v) is 5.25. The molecule has 1 aromatic rings. The Kier molecular flexibility index (Phi) is 2.35. The van der Waals surface area contributed by atoms with Gasteiger partial charge in [0.15, 0.2) is 5.78 Å². The minimum absolute atomic E-state index is 0.240. The molecule has 0 aliphatic heterocycles. The number of methoxy groups -OCH3 is 1. The molecule has 0 amide bonds. The number of hydrogen-bond donors (Lipinski definition) is 0. The minimum atomic E-state index is 0.240. The summed E-state index contributed by atoms with van der Waals surface area (Å²) in [5.41, 5.74) is 2.12. The third kappa shape index (κ3) is 1.52. The summed E-state index contributed by atoms with van der Waals surface area (Å²) in [6, 6.07) is 5.93. The van der Waals surface area contributed by atoms with Crippen LogP contribution in [0.1, 0.15) is 28.8 Å². The third-order valence-electron chi connectivity index (χ3n) is 5.25. The number of carbonyl (C=O) groups excluding carboxylic acids is 1. The van der Waals surface area contributed by atoms with Gasteiger partial charge in [-0.25, -0.2) is 0 Å². The fourth-order valence-electron chi connectivity index (χ4n) is 4.35. The maximum absolute atomic E-state index is 12.8. The molecule has 0 heterocycles. The molecule has 0 unspecified atom stereocenters. The number of ether oxygens (including phenoxy) is 1. The summed E-state index contributed by atoms with van der Waals surface area (Å²) in [6.07, 6.45) is 7.97. The van der Waals surface area contributed by atoms with Crippen molar-refractivity contribution in [3.05, 3.63) is 41.5 Å². The molecule has 0 radical (unpaired) electrons. The van der Waals surface area contributed by atoms with Gasteiger partial charge < -0.3 is 4.74 Å². The molecule has 3 aliphatic carbocycles. The van der Waals surface area contributed by atoms with Crippen LogP contribution in [0.15, 0.2) is 30.4 Å². The van der Waals surface area contributed by atoms with Gasteiger partial charge in [0.2, 0.25) is 0 Å². The van der Waals surface area contributed by atoms with Crippen LogP contribution in [-0.4, -0.2) is 12.9 Å². The number of fused-ring (bicyclic) bond motifs is 6. The summed E-state index contributed by atoms with van der Waals surface area (Å²) in [6.45, 7) is 0. The van der Waals surface area contributed by atoms with Gasteiger partial charge in [-0.2, -0.15) is 0 Å². The largest absolute Gasteiger partial charge is 0.497 e. The zero-order valence-corrected chi connectivity index (χ0v) is 11.1. The first-order chi connectivity index (χ1) is 9.28. The molecule has 19 heavy (non-hydrogen) atoms. The predicted molar refractivity (Wildman–Crippen MR) is 73.4 cm³/mol. The van der Waals surface area contributed by atoms with Crippen molar-refractivity contribution in [1.29, 1.82) is 0 Å². The van der Waals surface area contributed by atoms with E-state index < -0.39 is 0 Å². The summed E-state index contributed by atoms with van der Waals surface area (Å²) in [4.78, 5) is 12.8. The van der Waals surface area contributed by atoms with Gasteiger partial charge in [-0.3, -0.25) is 4.79 Å². The van der Waals surface area contributed by atoms with Crippen LogP contribution in [0.2, 0.25) is 0 Å². The summed E-state index contributed by atoms with van der Waals surface area (Å²) >= 11 is 0. The Morgan fingerprint density at radius 1 is 1.21 bits per heavy atom. The molecule has 0 spiro atoms. The van der Waals surface area contributed by atoms with Crippen molar-refractivity contribution in [1.82, 2.24) is 0 Å². The van der Waals surface area contributed by atoms with Crippen LogP contribution in [0.3, 0.4) is 0 Å². The molecule has 0 saturated heterocycles. The van der Waals surface area contributed by atoms with Gasteiger partial charge in [-0.15, -0.1) is 0 Å². The lowest BCUT2D eigenvalue weighted by Gasteiger charge is -2.24. The monoisotopic (exact) mass is 254 g/mol. The number of ketones is 1. The second-order valence-electron chi connectivity index (χ2n) is 6.06. The van der Waals surface area contributed by atoms with Crippen molar-refractivity contribution in [3.63, 3.8) is 0 Å². The van der Waals surface area contributed by atoms with E-state index in [9.17, 15) is 4.79 Å². The van der Waals surface area contributed by atoms with E-state index in [0.717, 1.165) is 24.2 Å². The molecule has 2 heteroatoms. The summed E-state index contributed by atoms with van der Waals surface area (Å²) in [5.74, 6) is 3.19. The van der Waals surface area contributed by atoms with Crippen LogP contribution in [0.4, 0.5) is 0 Å². The Labute approximate surface area is 113 Å². The normalized spacial score (nSPS) is 34.9. The highest BCUT2D eigenvalue weighted by molar-refractivity contribution is 6.00. The Morgan fingerprint density at radius 3 is 2.89 bits per heavy atom. The smallest absolute Gasteiger partial charge is 0.167 e. The number of hydrogen-bond acceptors (Lipinski definition) is 2. The molecule has 2 nitrogen and oxygen atoms in total. The van der Waals surface area contributed by atoms with Crippen LogP contribution in [-0.2, 0) is 6.42 Å². The summed E-state index contributed by atoms with van der Waals surface area (Å²) < 4.78 is 5.28. The molecule has 0 aromatic heterocycles. The number of Topliss-reactive ketones (excluding diaryl/α,β-unsaturated/α-hetero) is 1. The van der Waals surface area contributed by atoms with Crippen LogP contribution in [0.5, 0.6) is 5.75 Å². The number of allylic oxidation sites excluding steroid dienone is 2. The molecule has 0 N–H and O–H groups in total. The molecule has 4 rings (SSSR count). The van der Waals surface area contributed by atoms with Gasteiger partial charge in [0.05, 0.1) is 7.11 Å². The molecular weight excluding hydrogens is 236 g/mol. The highest BCUT2D eigenvalue weighted by atomic mass is 16.5. The first kappa shape index (κ1) is 11.3. The first-order valence-corrected chi connectivity index (χ1v) is 7.17. The minimum Gasteiger partial charge on any atom is -0.497 e. The highest BCUT2D eigenvalue weighted by Gasteiger charge is 2.49. The second kappa shape index (κ2) is 3.96. The van der Waals surface area contributed by atoms with Crippen LogP contribution < -0.4 is 4.74 Å². The van der Waals surface area contributed by atoms with Crippen molar-refractivity contribution >= 4 is 5.78 Å². The van der Waals surface area contributed by atoms with E-state index >= 15 is 0 Å². The van der Waals surface area contributed by atoms with E-state index in [4.69, 9.17) is 4.74 Å². The number of rotatable bonds is 1. The Morgan fingerprint density at radius 2 is 2.05 bits per heavy atom. The SMILES string of the molecule is COc1ccc2c(c1)CC[C@@H]1[C@H](C2=O)[C@H]2C=C[C@@H]1C2. The maximum Gasteiger partial charge on any atom is 0.167 e. The summed E-state index contributed by atoms with van der Waals surface area (Å²) in [7, 11) is 1.68. The summed E-state index contributed by atoms with van der Waals surface area (Å²) in [5, 5.41) is 0. The van der Waals surface area contributed by atoms with Gasteiger partial charge >= 0.3 is 0 Å². The van der Waals surface area contributed by atoms with Crippen molar-refractivity contribution in [3.8, 4) is 5.75 Å². The first-order valence-electron chi connectivity index (χ1n) is 7.17. The van der Waals surface area contributed by atoms with Crippen molar-refractivity contribution in [2.45, 2.75) is 19.3 Å². The van der Waals surface area contributed by atoms with Gasteiger partial charge in [0.25, 0.3) is 0 Å². The molecule has 1 fully saturated rings. The average molecular weight is 254 g/mol. The van der Waals surface area contributed by atoms with E-state index in [0.29, 0.717) is 23.5 Å². The Hall–Kier alpha value is -1.57. The lowest BCUT2D eigenvalue weighted by atomic mass is 9.78. The fourth-order valence-corrected chi connectivity index (χ4v) is 4.35. The van der Waals surface area contributed by atoms with Crippen molar-refractivity contribution in [2.24, 2.45) is 23.7 Å². The average Bonchev–Trinajstić information content (AvgIpc) is 3.01. The van der Waals surface area contributed by atoms with Gasteiger partial charge in [-0.1, -0.05) is 12.2 Å². The Bertz CT molecular complexity index is 573. The van der Waals surface area contributed by atoms with Crippen LogP contribution >= 0.6 is 0 Å². The topological polar surface area (TPSA) is 26.3 Å². The maximum atomic E-state index is 12.8. The second-order valence-corrected chi connectivity index (χ2v) is 6.06. The Balaban J connectivity index is 1.78. The van der Waals surface area contributed by atoms with E-state index in [-0.39, 0.29) is 5.92 Å². The quantitative estimate of drug-likeness (QED) is 0.719. The fraction of sp³-hybridized carbons (Fsp3) is 0.471. The van der Waals surface area contributed by atoms with E-state index in [1.807, 2.05) is 18.2 Å². The lowest BCUT2D eigenvalue weighted by molar-refractivity contribution is 0.0861. The van der Waals surface area contributed by atoms with Crippen molar-refractivity contribution in [2.75, 3.05) is 7.11 Å². The van der Waals surface area contributed by atoms with Gasteiger partial charge in [0, 0.05) is 11.5 Å². The molecule has 1 saturated carbocycles. The zero-order chi connectivity index (χ0) is 13.0. The zero-order valence-electron chi connectivity index (χ0n) is 11.1. The molecule has 98 valence electrons. The molecule has 1 aromatic carbocycles. The highest BCUT2D eigenvalue weighted by Crippen LogP contribution is 2.52. The van der Waals surface area contributed by atoms with Crippen LogP contribution in [0, 0.1) is 23.7 Å². The van der Waals surface area contributed by atoms with E-state index in [1.165, 1.54) is 12.0 Å². The van der Waals surface area contributed by atoms with Gasteiger partial charge in [0.1, 0.15) is 5.75 Å². The lowest BCUT2D eigenvalue weighted by Crippen LogP contribution is -2.26. The standard InChI is InChI=1S/C17H18O2/c1-19-13-5-7-15-11(9-13)4-6-14-10-2-3-12(8-10)16(14)17(15)18/h2-3,5,7,9-10,12,14,16H,4,6,8H2,1H3/t10-,12+,14+,16-/m1/s1. The van der Waals surface area contributed by atoms with Crippen molar-refractivity contribution < 1.29 is 9.53 Å². The molecular formula is C17H18O2. The van der Waals surface area contributed by atoms with Crippen LogP contribution in [0.25, 0.3) is 0 Å². The van der Waals surface area contributed by atoms with E-state index in [1.54, 1.807) is 7.11 Å². The van der Waals surface area contributed by atoms with Gasteiger partial charge in [-0.05, 0) is 60.8 Å². The number of benzene rings is 1. The van der Waals surface area contributed by atoms with E-state index in [2.05, 4.69) is 12.2 Å². The molecule has 2 bridgehead atoms. The number of aryl methyl sites for hydroxylation is 1. The molecule has 4 atom stereocenters. The predicted octanol–water partition coefficient (Wildman–Crippen LogP) is 3.26. The number of carbonyl (C=O) groups is 1. The molecule has 3 aliphatic rings.